The van der Waals surface area contributed by atoms with E-state index in [2.05, 4.69) is 10.1 Å². The van der Waals surface area contributed by atoms with Crippen LogP contribution in [0.4, 0.5) is 8.78 Å². The molecule has 0 radical (unpaired) electrons. The Morgan fingerprint density at radius 3 is 2.58 bits per heavy atom. The van der Waals surface area contributed by atoms with E-state index < -0.39 is 17.5 Å². The maximum Gasteiger partial charge on any atom is 0.252 e. The van der Waals surface area contributed by atoms with Crippen LogP contribution >= 0.6 is 0 Å². The summed E-state index contributed by atoms with van der Waals surface area (Å²) in [6.07, 6.45) is 3.47. The van der Waals surface area contributed by atoms with E-state index in [-0.39, 0.29) is 28.4 Å². The van der Waals surface area contributed by atoms with Gasteiger partial charge in [-0.2, -0.15) is 5.10 Å². The van der Waals surface area contributed by atoms with Gasteiger partial charge in [-0.3, -0.25) is 9.48 Å². The van der Waals surface area contributed by atoms with Gasteiger partial charge in [0.2, 0.25) is 5.88 Å². The van der Waals surface area contributed by atoms with Crippen molar-refractivity contribution < 1.29 is 23.0 Å². The van der Waals surface area contributed by atoms with Gasteiger partial charge in [0.25, 0.3) is 5.91 Å². The number of hydrogen-bond acceptors (Lipinski definition) is 5. The summed E-state index contributed by atoms with van der Waals surface area (Å²) in [5.74, 6) is -1.79. The first-order valence-electron chi connectivity index (χ1n) is 9.78. The highest BCUT2D eigenvalue weighted by Gasteiger charge is 2.28. The predicted octanol–water partition coefficient (Wildman–Crippen LogP) is 3.58. The molecule has 3 aromatic rings. The molecule has 1 atom stereocenters. The molecule has 1 amide bonds. The second-order valence-electron chi connectivity index (χ2n) is 7.50. The van der Waals surface area contributed by atoms with Crippen LogP contribution in [0.15, 0.2) is 24.5 Å². The number of aryl methyl sites for hydroxylation is 1. The van der Waals surface area contributed by atoms with Crippen molar-refractivity contribution in [2.24, 2.45) is 5.73 Å². The Bertz CT molecular complexity index is 1170. The lowest BCUT2D eigenvalue weighted by atomic mass is 9.94. The number of aromatic nitrogens is 3. The molecule has 1 aliphatic heterocycles. The summed E-state index contributed by atoms with van der Waals surface area (Å²) in [7, 11) is 1.47. The van der Waals surface area contributed by atoms with Gasteiger partial charge in [0.15, 0.2) is 0 Å². The van der Waals surface area contributed by atoms with Crippen molar-refractivity contribution in [3.63, 3.8) is 0 Å². The van der Waals surface area contributed by atoms with Crippen LogP contribution in [-0.2, 0) is 4.74 Å². The molecule has 7 nitrogen and oxygen atoms in total. The Morgan fingerprint density at radius 2 is 1.94 bits per heavy atom. The van der Waals surface area contributed by atoms with E-state index in [0.717, 1.165) is 12.1 Å². The quantitative estimate of drug-likeness (QED) is 0.671. The maximum absolute atomic E-state index is 15.4. The zero-order valence-corrected chi connectivity index (χ0v) is 17.4. The number of amides is 1. The molecular formula is C22H22F2N4O3. The van der Waals surface area contributed by atoms with E-state index in [9.17, 15) is 4.79 Å². The molecule has 162 valence electrons. The summed E-state index contributed by atoms with van der Waals surface area (Å²) in [6.45, 7) is 4.39. The fraction of sp³-hybridized carbons (Fsp3) is 0.318. The summed E-state index contributed by atoms with van der Waals surface area (Å²) in [4.78, 5) is 16.1. The number of pyridine rings is 1. The first-order chi connectivity index (χ1) is 14.8. The third-order valence-corrected chi connectivity index (χ3v) is 5.55. The molecule has 0 bridgehead atoms. The normalized spacial score (nSPS) is 16.0. The summed E-state index contributed by atoms with van der Waals surface area (Å²) >= 11 is 0. The van der Waals surface area contributed by atoms with Gasteiger partial charge < -0.3 is 15.2 Å². The molecule has 31 heavy (non-hydrogen) atoms. The molecular weight excluding hydrogens is 406 g/mol. The number of ether oxygens (including phenoxy) is 2. The minimum atomic E-state index is -0.769. The largest absolute Gasteiger partial charge is 0.481 e. The van der Waals surface area contributed by atoms with Gasteiger partial charge >= 0.3 is 0 Å². The third kappa shape index (κ3) is 3.54. The average molecular weight is 428 g/mol. The van der Waals surface area contributed by atoms with E-state index in [1.165, 1.54) is 18.0 Å². The van der Waals surface area contributed by atoms with Crippen molar-refractivity contribution in [2.45, 2.75) is 26.3 Å². The summed E-state index contributed by atoms with van der Waals surface area (Å²) < 4.78 is 42.9. The zero-order chi connectivity index (χ0) is 22.3. The number of carbonyl (C=O) groups is 1. The van der Waals surface area contributed by atoms with Gasteiger partial charge in [0.05, 0.1) is 37.2 Å². The van der Waals surface area contributed by atoms with Crippen LogP contribution in [0, 0.1) is 25.5 Å². The Kier molecular flexibility index (Phi) is 5.45. The summed E-state index contributed by atoms with van der Waals surface area (Å²) in [6, 6.07) is 2.00. The molecule has 1 aliphatic rings. The molecule has 0 aliphatic carbocycles. The number of nitrogens with zero attached hydrogens (tertiary/aromatic N) is 3. The van der Waals surface area contributed by atoms with Crippen LogP contribution in [0.5, 0.6) is 5.88 Å². The Morgan fingerprint density at radius 1 is 1.23 bits per heavy atom. The van der Waals surface area contributed by atoms with Gasteiger partial charge in [-0.15, -0.1) is 0 Å². The number of benzene rings is 1. The first kappa shape index (κ1) is 20.9. The molecule has 1 saturated heterocycles. The molecule has 9 heteroatoms. The lowest BCUT2D eigenvalue weighted by Crippen LogP contribution is -2.16. The highest BCUT2D eigenvalue weighted by molar-refractivity contribution is 5.99. The van der Waals surface area contributed by atoms with Crippen LogP contribution < -0.4 is 10.5 Å². The SMILES string of the molecule is COc1ncc(C)c(-c2cc(F)c(-c3c(C(N)=O)cnn3[C@@H]3CCOC3)cc2F)c1C. The van der Waals surface area contributed by atoms with Crippen molar-refractivity contribution in [3.05, 3.63) is 52.9 Å². The molecule has 0 spiro atoms. The first-order valence-corrected chi connectivity index (χ1v) is 9.78. The van der Waals surface area contributed by atoms with E-state index in [1.807, 2.05) is 0 Å². The average Bonchev–Trinajstić information content (AvgIpc) is 3.40. The third-order valence-electron chi connectivity index (χ3n) is 5.55. The second-order valence-corrected chi connectivity index (χ2v) is 7.50. The Hall–Kier alpha value is -3.33. The summed E-state index contributed by atoms with van der Waals surface area (Å²) in [5, 5.41) is 4.22. The molecule has 2 aromatic heterocycles. The minimum Gasteiger partial charge on any atom is -0.481 e. The number of methoxy groups -OCH3 is 1. The number of nitrogens with two attached hydrogens (primary N) is 1. The van der Waals surface area contributed by atoms with Crippen LogP contribution in [0.2, 0.25) is 0 Å². The molecule has 1 aromatic carbocycles. The van der Waals surface area contributed by atoms with Gasteiger partial charge in [-0.25, -0.2) is 13.8 Å². The topological polar surface area (TPSA) is 92.3 Å². The van der Waals surface area contributed by atoms with E-state index in [1.54, 1.807) is 20.0 Å². The van der Waals surface area contributed by atoms with Crippen molar-refractivity contribution in [1.29, 1.82) is 0 Å². The van der Waals surface area contributed by atoms with Crippen molar-refractivity contribution >= 4 is 5.91 Å². The smallest absolute Gasteiger partial charge is 0.252 e. The van der Waals surface area contributed by atoms with Crippen LogP contribution in [0.1, 0.15) is 33.9 Å². The predicted molar refractivity (Wildman–Crippen MR) is 110 cm³/mol. The summed E-state index contributed by atoms with van der Waals surface area (Å²) in [5.41, 5.74) is 7.42. The fourth-order valence-corrected chi connectivity index (χ4v) is 4.06. The van der Waals surface area contributed by atoms with E-state index in [4.69, 9.17) is 15.2 Å². The molecule has 0 saturated carbocycles. The van der Waals surface area contributed by atoms with Gasteiger partial charge in [-0.1, -0.05) is 0 Å². The van der Waals surface area contributed by atoms with Crippen molar-refractivity contribution in [3.8, 4) is 28.3 Å². The molecule has 2 N–H and O–H groups in total. The zero-order valence-electron chi connectivity index (χ0n) is 17.4. The van der Waals surface area contributed by atoms with Gasteiger partial charge in [-0.05, 0) is 43.5 Å². The van der Waals surface area contributed by atoms with Crippen molar-refractivity contribution in [1.82, 2.24) is 14.8 Å². The van der Waals surface area contributed by atoms with E-state index in [0.29, 0.717) is 42.2 Å². The molecule has 1 fully saturated rings. The number of hydrogen-bond donors (Lipinski definition) is 1. The Labute approximate surface area is 177 Å². The molecule has 3 heterocycles. The number of rotatable bonds is 5. The lowest BCUT2D eigenvalue weighted by Gasteiger charge is -2.17. The second kappa shape index (κ2) is 8.07. The molecule has 4 rings (SSSR count). The van der Waals surface area contributed by atoms with Crippen LogP contribution in [0.25, 0.3) is 22.4 Å². The minimum absolute atomic E-state index is 0.0240. The highest BCUT2D eigenvalue weighted by Crippen LogP contribution is 2.38. The Balaban J connectivity index is 1.91. The number of halogens is 2. The fourth-order valence-electron chi connectivity index (χ4n) is 4.06. The monoisotopic (exact) mass is 428 g/mol. The van der Waals surface area contributed by atoms with E-state index >= 15 is 8.78 Å². The van der Waals surface area contributed by atoms with Crippen LogP contribution in [-0.4, -0.2) is 41.0 Å². The maximum atomic E-state index is 15.4. The highest BCUT2D eigenvalue weighted by atomic mass is 19.1. The lowest BCUT2D eigenvalue weighted by molar-refractivity contribution is 0.100. The standard InChI is InChI=1S/C22H22F2N4O3/c1-11-8-26-22(30-3)12(2)19(11)14-6-18(24)15(7-17(14)23)20-16(21(25)29)9-27-28(20)13-4-5-31-10-13/h6-9,13H,4-5,10H2,1-3H3,(H2,25,29)/t13-/m1/s1. The van der Waals surface area contributed by atoms with Gasteiger partial charge in [0, 0.05) is 29.5 Å². The number of carbonyl (C=O) groups excluding carboxylic acids is 1. The number of primary amides is 1. The van der Waals surface area contributed by atoms with Crippen LogP contribution in [0.3, 0.4) is 0 Å². The van der Waals surface area contributed by atoms with Gasteiger partial charge in [0.1, 0.15) is 11.6 Å². The molecule has 0 unspecified atom stereocenters. The van der Waals surface area contributed by atoms with Crippen molar-refractivity contribution in [2.75, 3.05) is 20.3 Å².